The van der Waals surface area contributed by atoms with Crippen LogP contribution in [0.4, 0.5) is 0 Å². The molecule has 1 aromatic heterocycles. The van der Waals surface area contributed by atoms with Crippen LogP contribution in [0.5, 0.6) is 0 Å². The van der Waals surface area contributed by atoms with E-state index in [2.05, 4.69) is 47.1 Å². The predicted octanol–water partition coefficient (Wildman–Crippen LogP) is 4.65. The van der Waals surface area contributed by atoms with E-state index in [-0.39, 0.29) is 5.41 Å². The Morgan fingerprint density at radius 2 is 1.85 bits per heavy atom. The molecule has 1 N–H and O–H groups in total. The molecule has 108 valence electrons. The summed E-state index contributed by atoms with van der Waals surface area (Å²) >= 11 is 5.12. The zero-order valence-corrected chi connectivity index (χ0v) is 14.7. The fourth-order valence-electron chi connectivity index (χ4n) is 2.02. The van der Waals surface area contributed by atoms with Gasteiger partial charge in [-0.1, -0.05) is 54.9 Å². The summed E-state index contributed by atoms with van der Waals surface area (Å²) in [6.45, 7) is 8.29. The van der Waals surface area contributed by atoms with Gasteiger partial charge in [0.1, 0.15) is 0 Å². The van der Waals surface area contributed by atoms with Crippen LogP contribution in [0.2, 0.25) is 0 Å². The van der Waals surface area contributed by atoms with Crippen molar-refractivity contribution in [3.63, 3.8) is 0 Å². The third-order valence-electron chi connectivity index (χ3n) is 3.27. The molecule has 1 aromatic carbocycles. The molecule has 1 heterocycles. The summed E-state index contributed by atoms with van der Waals surface area (Å²) in [6, 6.07) is 7.79. The van der Waals surface area contributed by atoms with E-state index >= 15 is 0 Å². The van der Waals surface area contributed by atoms with Crippen molar-refractivity contribution >= 4 is 27.3 Å². The largest absolute Gasteiger partial charge is 0.385 e. The molecule has 0 saturated heterocycles. The van der Waals surface area contributed by atoms with Gasteiger partial charge in [0.25, 0.3) is 0 Å². The molecule has 2 nitrogen and oxygen atoms in total. The molecular weight excluding hydrogens is 334 g/mol. The van der Waals surface area contributed by atoms with Crippen LogP contribution in [0.3, 0.4) is 0 Å². The zero-order valence-electron chi connectivity index (χ0n) is 12.3. The van der Waals surface area contributed by atoms with Crippen molar-refractivity contribution in [2.24, 2.45) is 0 Å². The highest BCUT2D eigenvalue weighted by Gasteiger charge is 2.28. The van der Waals surface area contributed by atoms with Gasteiger partial charge in [-0.3, -0.25) is 0 Å². The first-order valence-corrected chi connectivity index (χ1v) is 8.30. The molecule has 2 rings (SSSR count). The van der Waals surface area contributed by atoms with Gasteiger partial charge in [0.2, 0.25) is 0 Å². The molecule has 0 spiro atoms. The molecule has 0 saturated carbocycles. The summed E-state index contributed by atoms with van der Waals surface area (Å²) in [4.78, 5) is 4.67. The second-order valence-electron chi connectivity index (χ2n) is 6.31. The Hall–Kier alpha value is -0.710. The molecule has 1 atom stereocenters. The van der Waals surface area contributed by atoms with Gasteiger partial charge in [-0.2, -0.15) is 0 Å². The minimum Gasteiger partial charge on any atom is -0.385 e. The molecule has 0 aliphatic heterocycles. The lowest BCUT2D eigenvalue weighted by Gasteiger charge is -2.24. The Morgan fingerprint density at radius 3 is 2.40 bits per heavy atom. The highest BCUT2D eigenvalue weighted by atomic mass is 79.9. The number of hydrogen-bond acceptors (Lipinski definition) is 3. The lowest BCUT2D eigenvalue weighted by molar-refractivity contribution is 0.0567. The number of hydrogen-bond donors (Lipinski definition) is 1. The van der Waals surface area contributed by atoms with Crippen molar-refractivity contribution in [2.75, 3.05) is 0 Å². The summed E-state index contributed by atoms with van der Waals surface area (Å²) in [5, 5.41) is 13.8. The number of benzene rings is 1. The van der Waals surface area contributed by atoms with Crippen LogP contribution in [0.25, 0.3) is 0 Å². The molecule has 0 amide bonds. The molecule has 0 radical (unpaired) electrons. The monoisotopic (exact) mass is 353 g/mol. The first-order valence-electron chi connectivity index (χ1n) is 6.62. The molecule has 0 fully saturated rings. The quantitative estimate of drug-likeness (QED) is 0.870. The summed E-state index contributed by atoms with van der Waals surface area (Å²) in [6.07, 6.45) is 0.524. The third kappa shape index (κ3) is 3.48. The van der Waals surface area contributed by atoms with Crippen molar-refractivity contribution in [1.29, 1.82) is 0 Å². The minimum atomic E-state index is -0.924. The van der Waals surface area contributed by atoms with Gasteiger partial charge in [-0.05, 0) is 18.6 Å². The van der Waals surface area contributed by atoms with Crippen molar-refractivity contribution in [3.05, 3.63) is 50.4 Å². The lowest BCUT2D eigenvalue weighted by atomic mass is 9.92. The number of aliphatic hydroxyl groups is 1. The van der Waals surface area contributed by atoms with Crippen molar-refractivity contribution in [2.45, 2.75) is 45.1 Å². The lowest BCUT2D eigenvalue weighted by Crippen LogP contribution is -2.25. The maximum atomic E-state index is 10.8. The second-order valence-corrected chi connectivity index (χ2v) is 8.10. The van der Waals surface area contributed by atoms with E-state index in [1.807, 2.05) is 31.2 Å². The standard InChI is InChI=1S/C16H20BrNOS/c1-15(2,3)13-10-20-14(18-13)9-16(4,19)11-7-5-6-8-12(11)17/h5-8,10,19H,9H2,1-4H3. The highest BCUT2D eigenvalue weighted by molar-refractivity contribution is 9.10. The van der Waals surface area contributed by atoms with Crippen molar-refractivity contribution in [3.8, 4) is 0 Å². The van der Waals surface area contributed by atoms with Crippen LogP contribution in [-0.2, 0) is 17.4 Å². The third-order valence-corrected chi connectivity index (χ3v) is 4.81. The van der Waals surface area contributed by atoms with E-state index in [0.717, 1.165) is 20.7 Å². The molecule has 4 heteroatoms. The molecule has 20 heavy (non-hydrogen) atoms. The maximum absolute atomic E-state index is 10.8. The molecule has 0 aliphatic carbocycles. The Kier molecular flexibility index (Phi) is 4.38. The van der Waals surface area contributed by atoms with Gasteiger partial charge in [0, 0.05) is 21.7 Å². The number of aromatic nitrogens is 1. The molecule has 0 aliphatic rings. The molecular formula is C16H20BrNOS. The Labute approximate surface area is 133 Å². The summed E-state index contributed by atoms with van der Waals surface area (Å²) in [5.41, 5.74) is 1.11. The summed E-state index contributed by atoms with van der Waals surface area (Å²) in [7, 11) is 0. The first-order chi connectivity index (χ1) is 9.20. The second kappa shape index (κ2) is 5.58. The van der Waals surface area contributed by atoms with Gasteiger partial charge < -0.3 is 5.11 Å². The van der Waals surface area contributed by atoms with E-state index in [0.29, 0.717) is 6.42 Å². The number of halogens is 1. The fraction of sp³-hybridized carbons (Fsp3) is 0.438. The smallest absolute Gasteiger partial charge is 0.0960 e. The van der Waals surface area contributed by atoms with Gasteiger partial charge in [0.05, 0.1) is 16.3 Å². The van der Waals surface area contributed by atoms with Crippen LogP contribution in [-0.4, -0.2) is 10.1 Å². The van der Waals surface area contributed by atoms with E-state index in [1.165, 1.54) is 0 Å². The van der Waals surface area contributed by atoms with E-state index in [9.17, 15) is 5.11 Å². The first kappa shape index (κ1) is 15.7. The number of thiazole rings is 1. The predicted molar refractivity (Wildman–Crippen MR) is 88.2 cm³/mol. The fourth-order valence-corrected chi connectivity index (χ4v) is 3.91. The summed E-state index contributed by atoms with van der Waals surface area (Å²) < 4.78 is 0.928. The molecule has 0 bridgehead atoms. The van der Waals surface area contributed by atoms with Crippen LogP contribution >= 0.6 is 27.3 Å². The SMILES string of the molecule is CC(C)(C)c1csc(CC(C)(O)c2ccccc2Br)n1. The van der Waals surface area contributed by atoms with Crippen LogP contribution < -0.4 is 0 Å². The summed E-state index contributed by atoms with van der Waals surface area (Å²) in [5.74, 6) is 0. The van der Waals surface area contributed by atoms with E-state index < -0.39 is 5.60 Å². The van der Waals surface area contributed by atoms with Gasteiger partial charge >= 0.3 is 0 Å². The topological polar surface area (TPSA) is 33.1 Å². The molecule has 1 unspecified atom stereocenters. The van der Waals surface area contributed by atoms with Crippen LogP contribution in [0.1, 0.15) is 44.0 Å². The maximum Gasteiger partial charge on any atom is 0.0960 e. The normalized spacial score (nSPS) is 15.1. The number of nitrogens with zero attached hydrogens (tertiary/aromatic N) is 1. The van der Waals surface area contributed by atoms with Gasteiger partial charge in [0.15, 0.2) is 0 Å². The average molecular weight is 354 g/mol. The van der Waals surface area contributed by atoms with Crippen LogP contribution in [0, 0.1) is 0 Å². The zero-order chi connectivity index (χ0) is 15.0. The van der Waals surface area contributed by atoms with Crippen LogP contribution in [0.15, 0.2) is 34.1 Å². The van der Waals surface area contributed by atoms with Gasteiger partial charge in [-0.15, -0.1) is 11.3 Å². The van der Waals surface area contributed by atoms with E-state index in [4.69, 9.17) is 0 Å². The number of rotatable bonds is 3. The van der Waals surface area contributed by atoms with Crippen molar-refractivity contribution < 1.29 is 5.11 Å². The Bertz CT molecular complexity index is 599. The average Bonchev–Trinajstić information content (AvgIpc) is 2.76. The van der Waals surface area contributed by atoms with Gasteiger partial charge in [-0.25, -0.2) is 4.98 Å². The Balaban J connectivity index is 2.25. The van der Waals surface area contributed by atoms with Crippen molar-refractivity contribution in [1.82, 2.24) is 4.98 Å². The minimum absolute atomic E-state index is 0.0495. The highest BCUT2D eigenvalue weighted by Crippen LogP contribution is 2.33. The Morgan fingerprint density at radius 1 is 1.20 bits per heavy atom. The van der Waals surface area contributed by atoms with E-state index in [1.54, 1.807) is 11.3 Å². The molecule has 2 aromatic rings.